The lowest BCUT2D eigenvalue weighted by molar-refractivity contribution is 0.795. The Labute approximate surface area is 120 Å². The van der Waals surface area contributed by atoms with Crippen LogP contribution in [0.1, 0.15) is 30.9 Å². The molecule has 19 heavy (non-hydrogen) atoms. The molecule has 2 rings (SSSR count). The molecule has 0 amide bonds. The topological polar surface area (TPSA) is 12.0 Å². The second-order valence-electron chi connectivity index (χ2n) is 4.78. The summed E-state index contributed by atoms with van der Waals surface area (Å²) in [6, 6.07) is 16.7. The summed E-state index contributed by atoms with van der Waals surface area (Å²) >= 11 is 5.87. The molecule has 0 fully saturated rings. The summed E-state index contributed by atoms with van der Waals surface area (Å²) < 4.78 is 0. The van der Waals surface area contributed by atoms with Gasteiger partial charge in [0.1, 0.15) is 0 Å². The lowest BCUT2D eigenvalue weighted by atomic mass is 10.1. The van der Waals surface area contributed by atoms with Gasteiger partial charge in [-0.25, -0.2) is 0 Å². The first-order chi connectivity index (χ1) is 9.28. The van der Waals surface area contributed by atoms with E-state index in [-0.39, 0.29) is 0 Å². The van der Waals surface area contributed by atoms with Gasteiger partial charge in [-0.15, -0.1) is 0 Å². The van der Waals surface area contributed by atoms with E-state index in [1.165, 1.54) is 30.4 Å². The fourth-order valence-corrected chi connectivity index (χ4v) is 2.10. The van der Waals surface area contributed by atoms with Crippen molar-refractivity contribution in [3.8, 4) is 0 Å². The third-order valence-electron chi connectivity index (χ3n) is 3.18. The molecule has 100 valence electrons. The molecule has 0 atom stereocenters. The van der Waals surface area contributed by atoms with Crippen LogP contribution in [0.5, 0.6) is 0 Å². The van der Waals surface area contributed by atoms with E-state index in [1.807, 2.05) is 24.3 Å². The minimum atomic E-state index is 0.782. The summed E-state index contributed by atoms with van der Waals surface area (Å²) in [7, 11) is 0. The molecule has 0 aliphatic rings. The summed E-state index contributed by atoms with van der Waals surface area (Å²) in [6.07, 6.45) is 3.68. The Balaban J connectivity index is 1.87. The molecule has 0 saturated heterocycles. The third kappa shape index (κ3) is 4.60. The first-order valence-electron chi connectivity index (χ1n) is 6.85. The van der Waals surface area contributed by atoms with Crippen LogP contribution in [-0.2, 0) is 13.0 Å². The van der Waals surface area contributed by atoms with Gasteiger partial charge in [-0.3, -0.25) is 0 Å². The highest BCUT2D eigenvalue weighted by Gasteiger charge is 1.96. The number of unbranched alkanes of at least 4 members (excludes halogenated alkanes) is 1. The van der Waals surface area contributed by atoms with Crippen molar-refractivity contribution in [1.82, 2.24) is 0 Å². The molecule has 0 aromatic heterocycles. The summed E-state index contributed by atoms with van der Waals surface area (Å²) in [5, 5.41) is 4.20. The predicted molar refractivity (Wildman–Crippen MR) is 83.8 cm³/mol. The molecule has 0 aliphatic carbocycles. The van der Waals surface area contributed by atoms with Crippen molar-refractivity contribution in [2.75, 3.05) is 5.32 Å². The number of rotatable bonds is 6. The van der Waals surface area contributed by atoms with Crippen molar-refractivity contribution in [2.45, 2.75) is 32.7 Å². The van der Waals surface area contributed by atoms with Gasteiger partial charge in [0.05, 0.1) is 0 Å². The van der Waals surface area contributed by atoms with E-state index in [2.05, 4.69) is 36.5 Å². The van der Waals surface area contributed by atoms with E-state index in [0.29, 0.717) is 0 Å². The average molecular weight is 274 g/mol. The van der Waals surface area contributed by atoms with Gasteiger partial charge in [0.2, 0.25) is 0 Å². The number of hydrogen-bond donors (Lipinski definition) is 1. The van der Waals surface area contributed by atoms with E-state index in [1.54, 1.807) is 0 Å². The van der Waals surface area contributed by atoms with Gasteiger partial charge in [-0.1, -0.05) is 49.2 Å². The molecule has 0 saturated carbocycles. The van der Waals surface area contributed by atoms with Crippen molar-refractivity contribution < 1.29 is 0 Å². The average Bonchev–Trinajstić information content (AvgIpc) is 2.46. The van der Waals surface area contributed by atoms with Crippen LogP contribution < -0.4 is 5.32 Å². The highest BCUT2D eigenvalue weighted by Crippen LogP contribution is 2.14. The van der Waals surface area contributed by atoms with Crippen LogP contribution in [0.2, 0.25) is 5.02 Å². The van der Waals surface area contributed by atoms with Crippen LogP contribution in [0.3, 0.4) is 0 Å². The molecule has 1 nitrogen and oxygen atoms in total. The van der Waals surface area contributed by atoms with Gasteiger partial charge in [0.15, 0.2) is 0 Å². The number of nitrogens with one attached hydrogen (secondary N) is 1. The zero-order valence-corrected chi connectivity index (χ0v) is 12.1. The molecule has 1 N–H and O–H groups in total. The molecule has 2 aromatic rings. The van der Waals surface area contributed by atoms with Crippen molar-refractivity contribution in [3.05, 3.63) is 64.7 Å². The Morgan fingerprint density at radius 1 is 0.895 bits per heavy atom. The van der Waals surface area contributed by atoms with Crippen LogP contribution in [-0.4, -0.2) is 0 Å². The van der Waals surface area contributed by atoms with Gasteiger partial charge in [-0.05, 0) is 48.2 Å². The summed E-state index contributed by atoms with van der Waals surface area (Å²) in [6.45, 7) is 3.05. The maximum atomic E-state index is 5.87. The Kier molecular flexibility index (Phi) is 5.29. The molecule has 0 unspecified atom stereocenters. The minimum Gasteiger partial charge on any atom is -0.381 e. The highest BCUT2D eigenvalue weighted by molar-refractivity contribution is 6.30. The summed E-state index contributed by atoms with van der Waals surface area (Å²) in [5.41, 5.74) is 3.81. The summed E-state index contributed by atoms with van der Waals surface area (Å²) in [5.74, 6) is 0. The van der Waals surface area contributed by atoms with Crippen molar-refractivity contribution in [2.24, 2.45) is 0 Å². The Morgan fingerprint density at radius 3 is 2.16 bits per heavy atom. The molecule has 0 radical (unpaired) electrons. The minimum absolute atomic E-state index is 0.782. The zero-order chi connectivity index (χ0) is 13.5. The third-order valence-corrected chi connectivity index (χ3v) is 3.43. The molecular formula is C17H20ClN. The molecule has 2 aromatic carbocycles. The van der Waals surface area contributed by atoms with E-state index in [0.717, 1.165) is 17.3 Å². The van der Waals surface area contributed by atoms with Gasteiger partial charge >= 0.3 is 0 Å². The molecule has 0 bridgehead atoms. The maximum Gasteiger partial charge on any atom is 0.0406 e. The fourth-order valence-electron chi connectivity index (χ4n) is 1.98. The van der Waals surface area contributed by atoms with E-state index >= 15 is 0 Å². The standard InChI is InChI=1S/C17H20ClN/c1-2-3-4-14-7-11-17(12-8-14)19-13-15-5-9-16(18)10-6-15/h5-12,19H,2-4,13H2,1H3. The monoisotopic (exact) mass is 273 g/mol. The summed E-state index contributed by atoms with van der Waals surface area (Å²) in [4.78, 5) is 0. The first kappa shape index (κ1) is 14.0. The molecule has 0 aliphatic heterocycles. The SMILES string of the molecule is CCCCc1ccc(NCc2ccc(Cl)cc2)cc1. The maximum absolute atomic E-state index is 5.87. The smallest absolute Gasteiger partial charge is 0.0406 e. The number of aryl methyl sites for hydroxylation is 1. The van der Waals surface area contributed by atoms with E-state index in [9.17, 15) is 0 Å². The quantitative estimate of drug-likeness (QED) is 0.753. The van der Waals surface area contributed by atoms with Crippen LogP contribution in [0, 0.1) is 0 Å². The number of halogens is 1. The second kappa shape index (κ2) is 7.20. The lowest BCUT2D eigenvalue weighted by Crippen LogP contribution is -1.99. The first-order valence-corrected chi connectivity index (χ1v) is 7.23. The fraction of sp³-hybridized carbons (Fsp3) is 0.294. The number of benzene rings is 2. The number of anilines is 1. The van der Waals surface area contributed by atoms with E-state index in [4.69, 9.17) is 11.6 Å². The van der Waals surface area contributed by atoms with Crippen molar-refractivity contribution >= 4 is 17.3 Å². The van der Waals surface area contributed by atoms with Crippen LogP contribution >= 0.6 is 11.6 Å². The van der Waals surface area contributed by atoms with Crippen LogP contribution in [0.25, 0.3) is 0 Å². The molecule has 2 heteroatoms. The largest absolute Gasteiger partial charge is 0.381 e. The van der Waals surface area contributed by atoms with E-state index < -0.39 is 0 Å². The Morgan fingerprint density at radius 2 is 1.53 bits per heavy atom. The van der Waals surface area contributed by atoms with Gasteiger partial charge in [-0.2, -0.15) is 0 Å². The lowest BCUT2D eigenvalue weighted by Gasteiger charge is -2.08. The van der Waals surface area contributed by atoms with Gasteiger partial charge in [0.25, 0.3) is 0 Å². The normalized spacial score (nSPS) is 10.4. The van der Waals surface area contributed by atoms with Crippen molar-refractivity contribution in [3.63, 3.8) is 0 Å². The zero-order valence-electron chi connectivity index (χ0n) is 11.3. The van der Waals surface area contributed by atoms with Crippen LogP contribution in [0.4, 0.5) is 5.69 Å². The molecule has 0 heterocycles. The highest BCUT2D eigenvalue weighted by atomic mass is 35.5. The van der Waals surface area contributed by atoms with Crippen molar-refractivity contribution in [1.29, 1.82) is 0 Å². The Hall–Kier alpha value is -1.47. The second-order valence-corrected chi connectivity index (χ2v) is 5.22. The molecular weight excluding hydrogens is 254 g/mol. The van der Waals surface area contributed by atoms with Crippen LogP contribution in [0.15, 0.2) is 48.5 Å². The number of hydrogen-bond acceptors (Lipinski definition) is 1. The van der Waals surface area contributed by atoms with Gasteiger partial charge in [0, 0.05) is 17.3 Å². The predicted octanol–water partition coefficient (Wildman–Crippen LogP) is 5.29. The molecule has 0 spiro atoms. The van der Waals surface area contributed by atoms with Gasteiger partial charge < -0.3 is 5.32 Å². The Bertz CT molecular complexity index is 488.